The highest BCUT2D eigenvalue weighted by molar-refractivity contribution is 5.90. The van der Waals surface area contributed by atoms with Crippen molar-refractivity contribution in [2.75, 3.05) is 53.0 Å². The predicted octanol–water partition coefficient (Wildman–Crippen LogP) is 6.55. The Morgan fingerprint density at radius 3 is 2.36 bits per heavy atom. The molecule has 11 heteroatoms. The minimum atomic E-state index is -0.653. The number of rotatable bonds is 9. The zero-order valence-corrected chi connectivity index (χ0v) is 35.9. The lowest BCUT2D eigenvalue weighted by molar-refractivity contribution is -0.254. The van der Waals surface area contributed by atoms with Crippen molar-refractivity contribution in [3.05, 3.63) is 23.8 Å². The summed E-state index contributed by atoms with van der Waals surface area (Å²) in [7, 11) is 2.09. The number of carbonyl (C=O) groups excluding carboxylic acids is 1. The van der Waals surface area contributed by atoms with Crippen molar-refractivity contribution < 1.29 is 24.2 Å². The van der Waals surface area contributed by atoms with E-state index in [1.807, 2.05) is 9.58 Å². The molecule has 7 rings (SSSR count). The molecule has 1 amide bonds. The van der Waals surface area contributed by atoms with Gasteiger partial charge in [-0.25, -0.2) is 9.67 Å². The topological polar surface area (TPSA) is 136 Å². The van der Waals surface area contributed by atoms with Crippen molar-refractivity contribution in [1.29, 1.82) is 0 Å². The summed E-state index contributed by atoms with van der Waals surface area (Å²) in [5.74, 6) is 0.488. The van der Waals surface area contributed by atoms with Gasteiger partial charge in [-0.2, -0.15) is 5.10 Å². The maximum absolute atomic E-state index is 14.3. The molecule has 11 nitrogen and oxygen atoms in total. The first-order chi connectivity index (χ1) is 25.7. The largest absolute Gasteiger partial charge is 0.481 e. The first-order valence-corrected chi connectivity index (χ1v) is 21.5. The van der Waals surface area contributed by atoms with Crippen LogP contribution in [0, 0.1) is 62.6 Å². The summed E-state index contributed by atoms with van der Waals surface area (Å²) in [6, 6.07) is -0.268. The highest BCUT2D eigenvalue weighted by Crippen LogP contribution is 2.75. The number of hydrogen-bond acceptors (Lipinski definition) is 8. The van der Waals surface area contributed by atoms with Crippen LogP contribution in [0.2, 0.25) is 0 Å². The molecule has 0 unspecified atom stereocenters. The van der Waals surface area contributed by atoms with Crippen molar-refractivity contribution in [2.45, 2.75) is 125 Å². The number of aliphatic carboxylic acids is 1. The molecule has 4 aliphatic carbocycles. The fourth-order valence-corrected chi connectivity index (χ4v) is 13.3. The molecule has 3 saturated carbocycles. The number of allylic oxidation sites excluding steroid dienone is 1. The van der Waals surface area contributed by atoms with E-state index < -0.39 is 28.3 Å². The van der Waals surface area contributed by atoms with Crippen LogP contribution in [0.25, 0.3) is 0 Å². The van der Waals surface area contributed by atoms with Gasteiger partial charge >= 0.3 is 5.97 Å². The van der Waals surface area contributed by atoms with Crippen LogP contribution >= 0.6 is 0 Å². The van der Waals surface area contributed by atoms with E-state index in [4.69, 9.17) is 20.3 Å². The summed E-state index contributed by atoms with van der Waals surface area (Å²) >= 11 is 0. The van der Waals surface area contributed by atoms with Crippen LogP contribution in [0.4, 0.5) is 0 Å². The van der Waals surface area contributed by atoms with Crippen molar-refractivity contribution >= 4 is 11.9 Å². The number of hydrogen-bond donors (Lipinski definition) is 2. The van der Waals surface area contributed by atoms with E-state index in [1.54, 1.807) is 6.33 Å². The first kappa shape index (κ1) is 40.8. The van der Waals surface area contributed by atoms with Crippen LogP contribution < -0.4 is 5.73 Å². The lowest BCUT2D eigenvalue weighted by Gasteiger charge is -2.71. The maximum Gasteiger partial charge on any atom is 0.307 e. The molecule has 6 aliphatic rings. The van der Waals surface area contributed by atoms with Gasteiger partial charge in [0.05, 0.1) is 37.9 Å². The zero-order chi connectivity index (χ0) is 40.1. The quantitative estimate of drug-likeness (QED) is 0.268. The third-order valence-electron chi connectivity index (χ3n) is 17.8. The highest BCUT2D eigenvalue weighted by atomic mass is 16.5. The number of piperazine rings is 1. The predicted molar refractivity (Wildman–Crippen MR) is 213 cm³/mol. The third-order valence-corrected chi connectivity index (χ3v) is 17.8. The third kappa shape index (κ3) is 6.00. The van der Waals surface area contributed by atoms with Gasteiger partial charge in [0.1, 0.15) is 6.33 Å². The van der Waals surface area contributed by atoms with Crippen molar-refractivity contribution in [3.8, 4) is 0 Å². The van der Waals surface area contributed by atoms with Crippen LogP contribution in [0.1, 0.15) is 124 Å². The smallest absolute Gasteiger partial charge is 0.307 e. The molecule has 3 N–H and O–H groups in total. The molecular formula is C44H72N6O5. The number of amides is 1. The first-order valence-electron chi connectivity index (χ1n) is 21.5. The van der Waals surface area contributed by atoms with E-state index in [2.05, 4.69) is 92.2 Å². The van der Waals surface area contributed by atoms with Crippen LogP contribution in [-0.4, -0.2) is 106 Å². The number of likely N-dealkylation sites (N-methyl/N-ethyl adjacent to an activating group) is 1. The van der Waals surface area contributed by atoms with Crippen molar-refractivity contribution in [2.24, 2.45) is 68.3 Å². The van der Waals surface area contributed by atoms with E-state index in [0.29, 0.717) is 57.0 Å². The summed E-state index contributed by atoms with van der Waals surface area (Å²) in [6.45, 7) is 27.0. The standard InChI is InChI=1S/C44H72N6O5/c1-27(2)29(5)40(7)16-17-41(8)30-12-13-33-39(6)22-32(50-36(46-26-47-50)37(51)49-20-18-48(11)19-21-49)35(55-24-43(10,45)28(3)4)44(33,25-54-23-39)31(30)14-15-42(41,9)34(40)38(52)53/h14,26-30,32-35H,12-13,15-25,45H2,1-11H3,(H,52,53)/t29-,30+,32-,33-,34-,35+,39-,40-,41-,42+,43+,44+/m1/s1. The van der Waals surface area contributed by atoms with Crippen LogP contribution in [0.5, 0.6) is 0 Å². The molecular weight excluding hydrogens is 693 g/mol. The number of aromatic nitrogens is 3. The molecule has 55 heavy (non-hydrogen) atoms. The van der Waals surface area contributed by atoms with Crippen molar-refractivity contribution in [3.63, 3.8) is 0 Å². The Bertz CT molecular complexity index is 1670. The number of fused-ring (bicyclic) bond motifs is 3. The molecule has 2 saturated heterocycles. The van der Waals surface area contributed by atoms with Gasteiger partial charge in [-0.15, -0.1) is 0 Å². The molecule has 308 valence electrons. The minimum absolute atomic E-state index is 0.0800. The van der Waals surface area contributed by atoms with Crippen LogP contribution in [0.15, 0.2) is 18.0 Å². The molecule has 0 aromatic carbocycles. The molecule has 3 heterocycles. The average Bonchev–Trinajstić information content (AvgIpc) is 3.61. The number of carboxylic acid groups (broad SMARTS) is 1. The van der Waals surface area contributed by atoms with E-state index in [9.17, 15) is 14.7 Å². The van der Waals surface area contributed by atoms with Gasteiger partial charge in [0.2, 0.25) is 5.82 Å². The Morgan fingerprint density at radius 2 is 1.73 bits per heavy atom. The summed E-state index contributed by atoms with van der Waals surface area (Å²) < 4.78 is 16.1. The molecule has 12 atom stereocenters. The van der Waals surface area contributed by atoms with Gasteiger partial charge in [-0.1, -0.05) is 74.0 Å². The van der Waals surface area contributed by atoms with Gasteiger partial charge in [-0.05, 0) is 104 Å². The van der Waals surface area contributed by atoms with E-state index in [-0.39, 0.29) is 52.1 Å². The van der Waals surface area contributed by atoms with Crippen LogP contribution in [-0.2, 0) is 14.3 Å². The highest BCUT2D eigenvalue weighted by Gasteiger charge is 2.73. The van der Waals surface area contributed by atoms with E-state index in [0.717, 1.165) is 45.2 Å². The molecule has 5 fully saturated rings. The number of nitrogens with zero attached hydrogens (tertiary/aromatic N) is 5. The molecule has 1 aromatic rings. The Morgan fingerprint density at radius 1 is 1.04 bits per heavy atom. The minimum Gasteiger partial charge on any atom is -0.481 e. The fourth-order valence-electron chi connectivity index (χ4n) is 13.3. The molecule has 1 aromatic heterocycles. The fraction of sp³-hybridized carbons (Fsp3) is 0.864. The summed E-state index contributed by atoms with van der Waals surface area (Å²) in [4.78, 5) is 36.8. The summed E-state index contributed by atoms with van der Waals surface area (Å²) in [5, 5.41) is 16.1. The van der Waals surface area contributed by atoms with Gasteiger partial charge in [-0.3, -0.25) is 9.59 Å². The normalized spacial score (nSPS) is 42.2. The van der Waals surface area contributed by atoms with E-state index in [1.165, 1.54) is 5.57 Å². The summed E-state index contributed by atoms with van der Waals surface area (Å²) in [6.07, 6.45) is 9.00. The van der Waals surface area contributed by atoms with Gasteiger partial charge in [0.25, 0.3) is 5.91 Å². The monoisotopic (exact) mass is 765 g/mol. The Labute approximate surface area is 330 Å². The molecule has 0 radical (unpaired) electrons. The number of carbonyl (C=O) groups is 2. The number of carboxylic acids is 1. The SMILES string of the molecule is CC(C)[C@@H](C)[C@@]1(C)CC[C@]2(C)[C@H]3CC[C@@H]4[C@@]5(C)COC[C@@]4(C3=CC[C@@]2(C)[C@@H]1C(=O)O)[C@@H](OC[C@](C)(N)C(C)C)[C@H](n1ncnc1C(=O)N1CCN(C)CC1)C5. The second kappa shape index (κ2) is 13.9. The van der Waals surface area contributed by atoms with Crippen LogP contribution in [0.3, 0.4) is 0 Å². The lowest BCUT2D eigenvalue weighted by atomic mass is 9.34. The van der Waals surface area contributed by atoms with Gasteiger partial charge < -0.3 is 30.1 Å². The second-order valence-corrected chi connectivity index (χ2v) is 21.2. The Hall–Kier alpha value is -2.34. The molecule has 0 spiro atoms. The van der Waals surface area contributed by atoms with Gasteiger partial charge in [0, 0.05) is 37.1 Å². The number of nitrogens with two attached hydrogens (primary N) is 1. The lowest BCUT2D eigenvalue weighted by Crippen LogP contribution is -2.70. The van der Waals surface area contributed by atoms with Crippen molar-refractivity contribution in [1.82, 2.24) is 24.6 Å². The Kier molecular flexibility index (Phi) is 10.3. The van der Waals surface area contributed by atoms with E-state index >= 15 is 0 Å². The number of ether oxygens (including phenoxy) is 2. The van der Waals surface area contributed by atoms with Gasteiger partial charge in [0.15, 0.2) is 0 Å². The average molecular weight is 765 g/mol. The maximum atomic E-state index is 14.3. The zero-order valence-electron chi connectivity index (χ0n) is 35.9. The Balaban J connectivity index is 1.37. The molecule has 2 aliphatic heterocycles. The molecule has 2 bridgehead atoms. The second-order valence-electron chi connectivity index (χ2n) is 21.2. The summed E-state index contributed by atoms with van der Waals surface area (Å²) in [5.41, 5.74) is 6.13.